The predicted molar refractivity (Wildman–Crippen MR) is 220 cm³/mol. The number of hydrogen-bond donors (Lipinski definition) is 0. The van der Waals surface area contributed by atoms with Crippen LogP contribution < -0.4 is 4.90 Å². The molecule has 4 saturated carbocycles. The van der Waals surface area contributed by atoms with Crippen LogP contribution in [0.15, 0.2) is 152 Å². The second-order valence-corrected chi connectivity index (χ2v) is 17.2. The standard InChI is InChI=1S/C50H39NS/c1-2-10-33(11-3-1)38-21-23-47(41-14-5-4-12-39(38)41)51(37-18-20-43-42-15-7-9-17-48(42)52-49(43)30-37)36-19-22-46-44(29-36)40-13-6-8-16-45(40)50(46)34-25-31-24-32(27-34)28-35(50)26-31/h1-23,29-32,34-35H,24-28H2. The van der Waals surface area contributed by atoms with Gasteiger partial charge in [0.15, 0.2) is 0 Å². The molecule has 0 amide bonds. The summed E-state index contributed by atoms with van der Waals surface area (Å²) in [5.41, 5.74) is 12.5. The first-order valence-corrected chi connectivity index (χ1v) is 20.1. The van der Waals surface area contributed by atoms with Crippen LogP contribution in [-0.2, 0) is 5.41 Å². The Bertz CT molecular complexity index is 2690. The van der Waals surface area contributed by atoms with Gasteiger partial charge >= 0.3 is 0 Å². The Hall–Kier alpha value is -5.18. The van der Waals surface area contributed by atoms with E-state index >= 15 is 0 Å². The highest BCUT2D eigenvalue weighted by Crippen LogP contribution is 2.69. The fourth-order valence-electron chi connectivity index (χ4n) is 11.9. The first-order chi connectivity index (χ1) is 25.7. The van der Waals surface area contributed by atoms with Crippen molar-refractivity contribution in [2.24, 2.45) is 23.7 Å². The number of nitrogens with zero attached hydrogens (tertiary/aromatic N) is 1. The number of rotatable bonds is 4. The van der Waals surface area contributed by atoms with E-state index in [2.05, 4.69) is 157 Å². The minimum atomic E-state index is 0.169. The number of benzene rings is 7. The first-order valence-electron chi connectivity index (χ1n) is 19.3. The zero-order valence-corrected chi connectivity index (χ0v) is 30.0. The molecule has 1 heterocycles. The highest BCUT2D eigenvalue weighted by atomic mass is 32.1. The van der Waals surface area contributed by atoms with Crippen LogP contribution in [0, 0.1) is 23.7 Å². The van der Waals surface area contributed by atoms with Gasteiger partial charge in [-0.2, -0.15) is 0 Å². The molecule has 4 fully saturated rings. The molecule has 0 unspecified atom stereocenters. The van der Waals surface area contributed by atoms with Gasteiger partial charge in [-0.25, -0.2) is 0 Å². The van der Waals surface area contributed by atoms with Crippen molar-refractivity contribution in [2.45, 2.75) is 37.5 Å². The molecule has 7 aromatic carbocycles. The Kier molecular flexibility index (Phi) is 6.17. The second kappa shape index (κ2) is 10.9. The first kappa shape index (κ1) is 29.4. The van der Waals surface area contributed by atoms with E-state index in [1.807, 2.05) is 11.3 Å². The van der Waals surface area contributed by atoms with Gasteiger partial charge in [-0.3, -0.25) is 0 Å². The maximum Gasteiger partial charge on any atom is 0.0540 e. The van der Waals surface area contributed by atoms with Crippen LogP contribution in [0.2, 0.25) is 0 Å². The molecule has 1 spiro atoms. The summed E-state index contributed by atoms with van der Waals surface area (Å²) < 4.78 is 2.67. The smallest absolute Gasteiger partial charge is 0.0540 e. The van der Waals surface area contributed by atoms with Crippen molar-refractivity contribution in [3.05, 3.63) is 163 Å². The van der Waals surface area contributed by atoms with Crippen molar-refractivity contribution in [1.82, 2.24) is 0 Å². The molecule has 13 rings (SSSR count). The van der Waals surface area contributed by atoms with Gasteiger partial charge in [0.2, 0.25) is 0 Å². The lowest BCUT2D eigenvalue weighted by Crippen LogP contribution is -2.55. The fraction of sp³-hybridized carbons (Fsp3) is 0.200. The third kappa shape index (κ3) is 3.99. The SMILES string of the molecule is c1ccc(-c2ccc(N(c3ccc4c(c3)-c3ccccc3C43C4CC5CC(C4)CC3C5)c3ccc4c(c3)sc3ccccc34)c3ccccc23)cc1. The van der Waals surface area contributed by atoms with Crippen LogP contribution in [0.3, 0.4) is 0 Å². The Morgan fingerprint density at radius 2 is 1.08 bits per heavy atom. The highest BCUT2D eigenvalue weighted by Gasteiger charge is 2.61. The molecule has 0 saturated heterocycles. The molecule has 8 aromatic rings. The van der Waals surface area contributed by atoms with Crippen molar-refractivity contribution in [3.8, 4) is 22.3 Å². The number of thiophene rings is 1. The molecule has 5 aliphatic carbocycles. The minimum absolute atomic E-state index is 0.169. The van der Waals surface area contributed by atoms with E-state index in [1.54, 1.807) is 11.1 Å². The quantitative estimate of drug-likeness (QED) is 0.178. The van der Waals surface area contributed by atoms with Crippen LogP contribution in [0.5, 0.6) is 0 Å². The van der Waals surface area contributed by atoms with Gasteiger partial charge in [0.1, 0.15) is 0 Å². The van der Waals surface area contributed by atoms with Crippen LogP contribution in [0.25, 0.3) is 53.2 Å². The maximum absolute atomic E-state index is 2.57. The monoisotopic (exact) mass is 685 g/mol. The zero-order chi connectivity index (χ0) is 34.0. The molecule has 2 heteroatoms. The van der Waals surface area contributed by atoms with E-state index in [-0.39, 0.29) is 5.41 Å². The van der Waals surface area contributed by atoms with Crippen molar-refractivity contribution >= 4 is 59.3 Å². The average molecular weight is 686 g/mol. The average Bonchev–Trinajstić information content (AvgIpc) is 3.70. The lowest BCUT2D eigenvalue weighted by Gasteiger charge is -2.61. The molecule has 250 valence electrons. The fourth-order valence-corrected chi connectivity index (χ4v) is 13.1. The highest BCUT2D eigenvalue weighted by molar-refractivity contribution is 7.25. The van der Waals surface area contributed by atoms with Crippen molar-refractivity contribution in [3.63, 3.8) is 0 Å². The second-order valence-electron chi connectivity index (χ2n) is 16.1. The van der Waals surface area contributed by atoms with E-state index in [0.717, 1.165) is 23.7 Å². The minimum Gasteiger partial charge on any atom is -0.310 e. The van der Waals surface area contributed by atoms with Gasteiger partial charge in [0.05, 0.1) is 5.69 Å². The summed E-state index contributed by atoms with van der Waals surface area (Å²) in [6.07, 6.45) is 7.10. The molecular weight excluding hydrogens is 647 g/mol. The number of hydrogen-bond acceptors (Lipinski definition) is 2. The van der Waals surface area contributed by atoms with Gasteiger partial charge in [0, 0.05) is 42.3 Å². The van der Waals surface area contributed by atoms with Crippen molar-refractivity contribution in [2.75, 3.05) is 4.90 Å². The summed E-state index contributed by atoms with van der Waals surface area (Å²) in [5, 5.41) is 5.21. The Morgan fingerprint density at radius 1 is 0.442 bits per heavy atom. The van der Waals surface area contributed by atoms with E-state index in [4.69, 9.17) is 0 Å². The van der Waals surface area contributed by atoms with Crippen LogP contribution >= 0.6 is 11.3 Å². The van der Waals surface area contributed by atoms with Crippen LogP contribution in [0.4, 0.5) is 17.1 Å². The zero-order valence-electron chi connectivity index (χ0n) is 29.1. The summed E-state index contributed by atoms with van der Waals surface area (Å²) in [7, 11) is 0. The van der Waals surface area contributed by atoms with E-state index in [0.29, 0.717) is 0 Å². The van der Waals surface area contributed by atoms with Gasteiger partial charge in [0.25, 0.3) is 0 Å². The maximum atomic E-state index is 2.57. The van der Waals surface area contributed by atoms with Gasteiger partial charge in [-0.05, 0) is 131 Å². The van der Waals surface area contributed by atoms with Gasteiger partial charge in [-0.1, -0.05) is 115 Å². The van der Waals surface area contributed by atoms with E-state index < -0.39 is 0 Å². The molecule has 52 heavy (non-hydrogen) atoms. The summed E-state index contributed by atoms with van der Waals surface area (Å²) in [5.74, 6) is 3.40. The van der Waals surface area contributed by atoms with E-state index in [9.17, 15) is 0 Å². The summed E-state index contributed by atoms with van der Waals surface area (Å²) in [6, 6.07) is 57.6. The van der Waals surface area contributed by atoms with Gasteiger partial charge < -0.3 is 4.90 Å². The Balaban J connectivity index is 1.10. The van der Waals surface area contributed by atoms with E-state index in [1.165, 1.54) is 102 Å². The largest absolute Gasteiger partial charge is 0.310 e. The van der Waals surface area contributed by atoms with Crippen molar-refractivity contribution in [1.29, 1.82) is 0 Å². The van der Waals surface area contributed by atoms with Crippen LogP contribution in [-0.4, -0.2) is 0 Å². The summed E-state index contributed by atoms with van der Waals surface area (Å²) in [6.45, 7) is 0. The molecule has 5 aliphatic rings. The lowest BCUT2D eigenvalue weighted by molar-refractivity contribution is -0.0399. The van der Waals surface area contributed by atoms with Crippen molar-refractivity contribution < 1.29 is 0 Å². The molecule has 0 N–H and O–H groups in total. The lowest BCUT2D eigenvalue weighted by atomic mass is 9.43. The number of anilines is 3. The molecule has 0 atom stereocenters. The van der Waals surface area contributed by atoms with Crippen LogP contribution in [0.1, 0.15) is 43.2 Å². The normalized spacial score (nSPS) is 23.8. The molecule has 0 radical (unpaired) electrons. The third-order valence-electron chi connectivity index (χ3n) is 13.6. The summed E-state index contributed by atoms with van der Waals surface area (Å²) >= 11 is 1.90. The van der Waals surface area contributed by atoms with Gasteiger partial charge in [-0.15, -0.1) is 11.3 Å². The number of fused-ring (bicyclic) bond motifs is 7. The summed E-state index contributed by atoms with van der Waals surface area (Å²) in [4.78, 5) is 2.55. The molecule has 4 bridgehead atoms. The third-order valence-corrected chi connectivity index (χ3v) is 14.8. The molecule has 1 aromatic heterocycles. The Labute approximate surface area is 309 Å². The predicted octanol–water partition coefficient (Wildman–Crippen LogP) is 14.1. The Morgan fingerprint density at radius 3 is 1.90 bits per heavy atom. The molecular formula is C50H39NS. The topological polar surface area (TPSA) is 3.24 Å². The molecule has 0 aliphatic heterocycles. The molecule has 1 nitrogen and oxygen atoms in total.